The fraction of sp³-hybridized carbons (Fsp3) is 0.0169. The van der Waals surface area contributed by atoms with E-state index in [4.69, 9.17) is 0 Å². The van der Waals surface area contributed by atoms with Gasteiger partial charge < -0.3 is 9.47 Å². The number of rotatable bonds is 7. The first-order chi connectivity index (χ1) is 30.3. The molecule has 0 unspecified atom stereocenters. The standard InChI is InChI=1S/C59H40N2/c1-4-16-41(17-5-1)43-29-33-49(34-30-43)61-57-36-32-46(39-53(57)54-40-50(35-37-58(54)61)60(47-20-6-2-7-21-47)48-22-8-3-9-23-48)59(45-31-28-42-18-10-11-19-44(42)38-45)55-26-14-12-24-51(55)52-25-13-15-27-56(52)59/h1-40H. The predicted octanol–water partition coefficient (Wildman–Crippen LogP) is 15.4. The van der Waals surface area contributed by atoms with E-state index in [2.05, 4.69) is 252 Å². The summed E-state index contributed by atoms with van der Waals surface area (Å²) >= 11 is 0. The number of hydrogen-bond donors (Lipinski definition) is 0. The van der Waals surface area contributed by atoms with Crippen molar-refractivity contribution in [2.75, 3.05) is 4.90 Å². The van der Waals surface area contributed by atoms with E-state index in [1.165, 1.54) is 71.6 Å². The molecule has 2 heteroatoms. The molecule has 0 N–H and O–H groups in total. The second kappa shape index (κ2) is 14.1. The highest BCUT2D eigenvalue weighted by Gasteiger charge is 2.46. The molecule has 1 aromatic heterocycles. The van der Waals surface area contributed by atoms with Crippen molar-refractivity contribution in [2.45, 2.75) is 5.41 Å². The molecule has 0 atom stereocenters. The van der Waals surface area contributed by atoms with Gasteiger partial charge in [-0.25, -0.2) is 0 Å². The highest BCUT2D eigenvalue weighted by Crippen LogP contribution is 2.57. The number of anilines is 3. The van der Waals surface area contributed by atoms with E-state index >= 15 is 0 Å². The lowest BCUT2D eigenvalue weighted by atomic mass is 9.67. The molecule has 12 rings (SSSR count). The van der Waals surface area contributed by atoms with Crippen molar-refractivity contribution in [3.63, 3.8) is 0 Å². The van der Waals surface area contributed by atoms with Crippen LogP contribution in [0.25, 0.3) is 60.5 Å². The number of fused-ring (bicyclic) bond motifs is 7. The van der Waals surface area contributed by atoms with E-state index < -0.39 is 5.41 Å². The number of nitrogens with zero attached hydrogens (tertiary/aromatic N) is 2. The van der Waals surface area contributed by atoms with E-state index in [1.807, 2.05) is 0 Å². The fourth-order valence-electron chi connectivity index (χ4n) is 10.1. The van der Waals surface area contributed by atoms with Gasteiger partial charge in [-0.15, -0.1) is 0 Å². The zero-order chi connectivity index (χ0) is 40.3. The van der Waals surface area contributed by atoms with Crippen LogP contribution in [0.5, 0.6) is 0 Å². The van der Waals surface area contributed by atoms with Crippen LogP contribution in [0.1, 0.15) is 22.3 Å². The summed E-state index contributed by atoms with van der Waals surface area (Å²) in [5.74, 6) is 0. The van der Waals surface area contributed by atoms with Gasteiger partial charge in [-0.3, -0.25) is 0 Å². The molecule has 0 spiro atoms. The zero-order valence-electron chi connectivity index (χ0n) is 33.5. The Morgan fingerprint density at radius 3 is 1.48 bits per heavy atom. The van der Waals surface area contributed by atoms with Gasteiger partial charge in [-0.1, -0.05) is 170 Å². The second-order valence-corrected chi connectivity index (χ2v) is 16.1. The van der Waals surface area contributed by atoms with Gasteiger partial charge in [0.2, 0.25) is 0 Å². The van der Waals surface area contributed by atoms with Crippen molar-refractivity contribution in [3.05, 3.63) is 265 Å². The van der Waals surface area contributed by atoms with Crippen LogP contribution in [0.3, 0.4) is 0 Å². The van der Waals surface area contributed by atoms with Crippen LogP contribution in [0.15, 0.2) is 243 Å². The summed E-state index contributed by atoms with van der Waals surface area (Å²) in [5, 5.41) is 4.90. The molecule has 61 heavy (non-hydrogen) atoms. The molecular weight excluding hydrogens is 737 g/mol. The maximum Gasteiger partial charge on any atom is 0.0714 e. The molecule has 0 fully saturated rings. The van der Waals surface area contributed by atoms with E-state index in [-0.39, 0.29) is 0 Å². The average Bonchev–Trinajstić information content (AvgIpc) is 3.83. The predicted molar refractivity (Wildman–Crippen MR) is 256 cm³/mol. The number of aromatic nitrogens is 1. The number of benzene rings is 10. The summed E-state index contributed by atoms with van der Waals surface area (Å²) in [6, 6.07) is 89.2. The quantitative estimate of drug-likeness (QED) is 0.156. The summed E-state index contributed by atoms with van der Waals surface area (Å²) in [5.41, 5.74) is 16.4. The molecule has 1 heterocycles. The van der Waals surface area contributed by atoms with Gasteiger partial charge in [0.15, 0.2) is 0 Å². The average molecular weight is 777 g/mol. The van der Waals surface area contributed by atoms with E-state index in [0.717, 1.165) is 28.3 Å². The van der Waals surface area contributed by atoms with E-state index in [1.54, 1.807) is 0 Å². The Balaban J connectivity index is 1.15. The molecule has 1 aliphatic carbocycles. The van der Waals surface area contributed by atoms with Crippen LogP contribution in [-0.2, 0) is 5.41 Å². The molecule has 0 amide bonds. The third-order valence-corrected chi connectivity index (χ3v) is 12.8. The number of para-hydroxylation sites is 2. The smallest absolute Gasteiger partial charge is 0.0714 e. The lowest BCUT2D eigenvalue weighted by Crippen LogP contribution is -2.28. The molecule has 0 saturated carbocycles. The van der Waals surface area contributed by atoms with Crippen LogP contribution in [0.2, 0.25) is 0 Å². The minimum Gasteiger partial charge on any atom is -0.310 e. The largest absolute Gasteiger partial charge is 0.310 e. The normalized spacial score (nSPS) is 12.7. The SMILES string of the molecule is c1ccc(-c2ccc(-n3c4ccc(N(c5ccccc5)c5ccccc5)cc4c4cc(C5(c6ccc7ccccc7c6)c6ccccc6-c6ccccc65)ccc43)cc2)cc1. The lowest BCUT2D eigenvalue weighted by molar-refractivity contribution is 0.771. The molecule has 10 aromatic carbocycles. The lowest BCUT2D eigenvalue weighted by Gasteiger charge is -2.34. The summed E-state index contributed by atoms with van der Waals surface area (Å²) in [7, 11) is 0. The minimum atomic E-state index is -0.547. The summed E-state index contributed by atoms with van der Waals surface area (Å²) in [6.07, 6.45) is 0. The van der Waals surface area contributed by atoms with Crippen LogP contribution in [-0.4, -0.2) is 4.57 Å². The maximum absolute atomic E-state index is 2.50. The van der Waals surface area contributed by atoms with Gasteiger partial charge in [0, 0.05) is 33.5 Å². The van der Waals surface area contributed by atoms with Crippen molar-refractivity contribution in [1.82, 2.24) is 4.57 Å². The van der Waals surface area contributed by atoms with E-state index in [0.29, 0.717) is 0 Å². The van der Waals surface area contributed by atoms with Gasteiger partial charge >= 0.3 is 0 Å². The van der Waals surface area contributed by atoms with E-state index in [9.17, 15) is 0 Å². The molecular formula is C59H40N2. The molecule has 2 nitrogen and oxygen atoms in total. The van der Waals surface area contributed by atoms with Crippen LogP contribution >= 0.6 is 0 Å². The first-order valence-electron chi connectivity index (χ1n) is 21.1. The van der Waals surface area contributed by atoms with Crippen molar-refractivity contribution < 1.29 is 0 Å². The highest BCUT2D eigenvalue weighted by molar-refractivity contribution is 6.11. The molecule has 0 aliphatic heterocycles. The van der Waals surface area contributed by atoms with Crippen molar-refractivity contribution in [1.29, 1.82) is 0 Å². The first-order valence-corrected chi connectivity index (χ1v) is 21.1. The Kier molecular flexibility index (Phi) is 8.11. The highest BCUT2D eigenvalue weighted by atomic mass is 15.1. The van der Waals surface area contributed by atoms with Gasteiger partial charge in [0.25, 0.3) is 0 Å². The Morgan fingerprint density at radius 2 is 0.820 bits per heavy atom. The van der Waals surface area contributed by atoms with Gasteiger partial charge in [0.05, 0.1) is 16.4 Å². The molecule has 11 aromatic rings. The van der Waals surface area contributed by atoms with Crippen molar-refractivity contribution in [3.8, 4) is 27.9 Å². The monoisotopic (exact) mass is 776 g/mol. The Morgan fingerprint density at radius 1 is 0.328 bits per heavy atom. The maximum atomic E-state index is 2.50. The summed E-state index contributed by atoms with van der Waals surface area (Å²) in [4.78, 5) is 2.36. The third-order valence-electron chi connectivity index (χ3n) is 12.8. The summed E-state index contributed by atoms with van der Waals surface area (Å²) < 4.78 is 2.45. The van der Waals surface area contributed by atoms with Crippen LogP contribution < -0.4 is 4.90 Å². The number of hydrogen-bond acceptors (Lipinski definition) is 1. The van der Waals surface area contributed by atoms with Gasteiger partial charge in [-0.05, 0) is 128 Å². The Labute approximate surface area is 355 Å². The molecule has 1 aliphatic rings. The summed E-state index contributed by atoms with van der Waals surface area (Å²) in [6.45, 7) is 0. The topological polar surface area (TPSA) is 8.17 Å². The van der Waals surface area contributed by atoms with Crippen LogP contribution in [0, 0.1) is 0 Å². The van der Waals surface area contributed by atoms with Crippen LogP contribution in [0.4, 0.5) is 17.1 Å². The minimum absolute atomic E-state index is 0.547. The first kappa shape index (κ1) is 35.0. The zero-order valence-corrected chi connectivity index (χ0v) is 33.5. The third kappa shape index (κ3) is 5.50. The van der Waals surface area contributed by atoms with Crippen molar-refractivity contribution >= 4 is 49.6 Å². The van der Waals surface area contributed by atoms with Crippen molar-refractivity contribution in [2.24, 2.45) is 0 Å². The molecule has 0 radical (unpaired) electrons. The molecule has 0 bridgehead atoms. The molecule has 286 valence electrons. The Bertz CT molecular complexity index is 3320. The van der Waals surface area contributed by atoms with Gasteiger partial charge in [0.1, 0.15) is 0 Å². The fourth-order valence-corrected chi connectivity index (χ4v) is 10.1. The molecule has 0 saturated heterocycles. The van der Waals surface area contributed by atoms with Gasteiger partial charge in [-0.2, -0.15) is 0 Å². The second-order valence-electron chi connectivity index (χ2n) is 16.1. The Hall–Kier alpha value is -7.94.